The van der Waals surface area contributed by atoms with Crippen molar-refractivity contribution in [2.24, 2.45) is 5.18 Å². The Kier molecular flexibility index (Phi) is 6.39. The summed E-state index contributed by atoms with van der Waals surface area (Å²) in [6, 6.07) is 7.51. The highest BCUT2D eigenvalue weighted by molar-refractivity contribution is 14.1. The zero-order chi connectivity index (χ0) is 17.7. The number of thioether (sulfide) groups is 1. The van der Waals surface area contributed by atoms with Gasteiger partial charge in [-0.2, -0.15) is 4.91 Å². The second-order valence-corrected chi connectivity index (χ2v) is 8.00. The van der Waals surface area contributed by atoms with Crippen molar-refractivity contribution in [1.82, 2.24) is 10.3 Å². The molecule has 0 saturated carbocycles. The minimum atomic E-state index is -0.718. The third kappa shape index (κ3) is 5.04. The highest BCUT2D eigenvalue weighted by atomic mass is 127. The summed E-state index contributed by atoms with van der Waals surface area (Å²) in [5.41, 5.74) is -0.560. The number of nitroso groups, excluding NO2 is 1. The fourth-order valence-corrected chi connectivity index (χ4v) is 3.04. The number of hydrogen-bond acceptors (Lipinski definition) is 6. The van der Waals surface area contributed by atoms with E-state index in [1.165, 1.54) is 11.8 Å². The Labute approximate surface area is 158 Å². The average molecular weight is 459 g/mol. The van der Waals surface area contributed by atoms with E-state index in [1.807, 2.05) is 18.2 Å². The summed E-state index contributed by atoms with van der Waals surface area (Å²) in [4.78, 5) is 27.2. The lowest BCUT2D eigenvalue weighted by molar-refractivity contribution is -0.126. The summed E-state index contributed by atoms with van der Waals surface area (Å²) in [6.07, 6.45) is 3.59. The monoisotopic (exact) mass is 459 g/mol. The molecule has 1 aromatic carbocycles. The predicted octanol–water partition coefficient (Wildman–Crippen LogP) is 3.57. The first-order chi connectivity index (χ1) is 11.3. The summed E-state index contributed by atoms with van der Waals surface area (Å²) in [6.45, 7) is 3.49. The van der Waals surface area contributed by atoms with Gasteiger partial charge in [0.25, 0.3) is 5.91 Å². The van der Waals surface area contributed by atoms with Crippen LogP contribution in [-0.4, -0.2) is 34.7 Å². The fraction of sp³-hybridized carbons (Fsp3) is 0.375. The Balaban J connectivity index is 2.14. The number of fused-ring (bicyclic) bond motifs is 1. The second-order valence-electron chi connectivity index (χ2n) is 5.85. The van der Waals surface area contributed by atoms with Gasteiger partial charge in [0.15, 0.2) is 0 Å². The van der Waals surface area contributed by atoms with E-state index in [4.69, 9.17) is 4.74 Å². The molecule has 1 atom stereocenters. The van der Waals surface area contributed by atoms with Gasteiger partial charge in [0.2, 0.25) is 5.44 Å². The van der Waals surface area contributed by atoms with E-state index < -0.39 is 11.0 Å². The maximum Gasteiger partial charge on any atom is 0.272 e. The minimum Gasteiger partial charge on any atom is -0.470 e. The molecule has 1 heterocycles. The predicted molar refractivity (Wildman–Crippen MR) is 105 cm³/mol. The first kappa shape index (κ1) is 18.9. The summed E-state index contributed by atoms with van der Waals surface area (Å²) in [5.74, 6) is 0.295. The SMILES string of the molecule is CSC(Oc1ccc2ncc(I)cc2c1)C(=O)NC(C)(C)CN=O. The topological polar surface area (TPSA) is 80.7 Å². The zero-order valence-corrected chi connectivity index (χ0v) is 16.6. The standard InChI is InChI=1S/C16H18IN3O3S/c1-16(2,9-19-22)20-14(21)15(24-3)23-12-4-5-13-10(7-12)6-11(17)8-18-13/h4-8,15H,9H2,1-3H3,(H,20,21). The lowest BCUT2D eigenvalue weighted by atomic mass is 10.1. The largest absolute Gasteiger partial charge is 0.470 e. The molecule has 2 aromatic rings. The molecule has 2 rings (SSSR count). The molecule has 1 N–H and O–H groups in total. The minimum absolute atomic E-state index is 0.0000776. The molecule has 24 heavy (non-hydrogen) atoms. The second kappa shape index (κ2) is 8.11. The van der Waals surface area contributed by atoms with Crippen LogP contribution in [0.2, 0.25) is 0 Å². The van der Waals surface area contributed by atoms with Gasteiger partial charge >= 0.3 is 0 Å². The van der Waals surface area contributed by atoms with Crippen LogP contribution in [0.5, 0.6) is 5.75 Å². The Morgan fingerprint density at radius 1 is 1.46 bits per heavy atom. The van der Waals surface area contributed by atoms with Crippen LogP contribution in [0.15, 0.2) is 35.6 Å². The number of pyridine rings is 1. The van der Waals surface area contributed by atoms with Crippen LogP contribution in [0, 0.1) is 8.48 Å². The first-order valence-corrected chi connectivity index (χ1v) is 9.57. The van der Waals surface area contributed by atoms with Crippen molar-refractivity contribution in [3.63, 3.8) is 0 Å². The number of benzene rings is 1. The molecule has 0 radical (unpaired) electrons. The molecule has 0 aliphatic heterocycles. The van der Waals surface area contributed by atoms with Gasteiger partial charge in [-0.25, -0.2) is 0 Å². The van der Waals surface area contributed by atoms with Gasteiger partial charge in [-0.05, 0) is 67.0 Å². The van der Waals surface area contributed by atoms with Crippen LogP contribution in [0.1, 0.15) is 13.8 Å². The molecule has 1 aromatic heterocycles. The highest BCUT2D eigenvalue weighted by Crippen LogP contribution is 2.24. The number of rotatable bonds is 7. The van der Waals surface area contributed by atoms with Crippen molar-refractivity contribution in [2.75, 3.05) is 12.8 Å². The van der Waals surface area contributed by atoms with Crippen molar-refractivity contribution in [2.45, 2.75) is 24.8 Å². The van der Waals surface area contributed by atoms with Crippen molar-refractivity contribution < 1.29 is 9.53 Å². The van der Waals surface area contributed by atoms with Gasteiger partial charge in [0.05, 0.1) is 11.1 Å². The highest BCUT2D eigenvalue weighted by Gasteiger charge is 2.27. The van der Waals surface area contributed by atoms with Crippen molar-refractivity contribution >= 4 is 51.2 Å². The molecule has 1 amide bonds. The van der Waals surface area contributed by atoms with E-state index in [9.17, 15) is 9.70 Å². The maximum absolute atomic E-state index is 12.4. The summed E-state index contributed by atoms with van der Waals surface area (Å²) < 4.78 is 6.84. The van der Waals surface area contributed by atoms with Gasteiger partial charge in [-0.3, -0.25) is 9.78 Å². The van der Waals surface area contributed by atoms with Crippen LogP contribution >= 0.6 is 34.4 Å². The van der Waals surface area contributed by atoms with Crippen molar-refractivity contribution in [3.05, 3.63) is 38.9 Å². The Bertz CT molecular complexity index is 754. The maximum atomic E-state index is 12.4. The van der Waals surface area contributed by atoms with Gasteiger partial charge in [0, 0.05) is 15.2 Å². The smallest absolute Gasteiger partial charge is 0.272 e. The molecule has 6 nitrogen and oxygen atoms in total. The molecule has 1 unspecified atom stereocenters. The molecule has 128 valence electrons. The van der Waals surface area contributed by atoms with Crippen LogP contribution < -0.4 is 10.1 Å². The van der Waals surface area contributed by atoms with E-state index in [1.54, 1.807) is 32.4 Å². The lowest BCUT2D eigenvalue weighted by Gasteiger charge is -2.26. The van der Waals surface area contributed by atoms with Crippen molar-refractivity contribution in [3.8, 4) is 5.75 Å². The van der Waals surface area contributed by atoms with Crippen molar-refractivity contribution in [1.29, 1.82) is 0 Å². The lowest BCUT2D eigenvalue weighted by Crippen LogP contribution is -2.50. The Morgan fingerprint density at radius 3 is 2.88 bits per heavy atom. The summed E-state index contributed by atoms with van der Waals surface area (Å²) in [5, 5.41) is 6.58. The van der Waals surface area contributed by atoms with E-state index in [0.717, 1.165) is 14.5 Å². The van der Waals surface area contributed by atoms with E-state index >= 15 is 0 Å². The number of carbonyl (C=O) groups is 1. The molecule has 0 fully saturated rings. The van der Waals surface area contributed by atoms with Gasteiger partial charge in [-0.1, -0.05) is 5.18 Å². The average Bonchev–Trinajstić information content (AvgIpc) is 2.51. The van der Waals surface area contributed by atoms with Crippen LogP contribution in [-0.2, 0) is 4.79 Å². The molecule has 0 spiro atoms. The Morgan fingerprint density at radius 2 is 2.21 bits per heavy atom. The number of amides is 1. The van der Waals surface area contributed by atoms with Gasteiger partial charge < -0.3 is 10.1 Å². The molecular formula is C16H18IN3O3S. The number of nitrogens with one attached hydrogen (secondary N) is 1. The summed E-state index contributed by atoms with van der Waals surface area (Å²) >= 11 is 3.48. The zero-order valence-electron chi connectivity index (χ0n) is 13.6. The van der Waals surface area contributed by atoms with Crippen LogP contribution in [0.3, 0.4) is 0 Å². The fourth-order valence-electron chi connectivity index (χ4n) is 2.08. The Hall–Kier alpha value is -1.42. The van der Waals surface area contributed by atoms with Gasteiger partial charge in [0.1, 0.15) is 12.3 Å². The molecule has 0 saturated heterocycles. The third-order valence-corrected chi connectivity index (χ3v) is 4.54. The molecule has 8 heteroatoms. The van der Waals surface area contributed by atoms with Crippen LogP contribution in [0.25, 0.3) is 10.9 Å². The molecule has 0 aliphatic carbocycles. The number of carbonyl (C=O) groups excluding carboxylic acids is 1. The molecular weight excluding hydrogens is 441 g/mol. The van der Waals surface area contributed by atoms with E-state index in [-0.39, 0.29) is 12.5 Å². The number of hydrogen-bond donors (Lipinski definition) is 1. The number of halogens is 1. The number of aromatic nitrogens is 1. The molecule has 0 bridgehead atoms. The quantitative estimate of drug-likeness (QED) is 0.389. The first-order valence-electron chi connectivity index (χ1n) is 7.20. The summed E-state index contributed by atoms with van der Waals surface area (Å²) in [7, 11) is 0. The normalized spacial score (nSPS) is 12.7. The van der Waals surface area contributed by atoms with Crippen LogP contribution in [0.4, 0.5) is 0 Å². The van der Waals surface area contributed by atoms with Gasteiger partial charge in [-0.15, -0.1) is 11.8 Å². The van der Waals surface area contributed by atoms with E-state index in [0.29, 0.717) is 5.75 Å². The third-order valence-electron chi connectivity index (χ3n) is 3.21. The number of ether oxygens (including phenoxy) is 1. The number of nitrogens with zero attached hydrogens (tertiary/aromatic N) is 2. The molecule has 0 aliphatic rings. The van der Waals surface area contributed by atoms with E-state index in [2.05, 4.69) is 38.1 Å².